The van der Waals surface area contributed by atoms with E-state index in [1.807, 2.05) is 44.2 Å². The number of rotatable bonds is 17. The second-order valence-electron chi connectivity index (χ2n) is 8.31. The fraction of sp³-hybridized carbons (Fsp3) is 0.609. The molecule has 1 rings (SSSR count). The summed E-state index contributed by atoms with van der Waals surface area (Å²) in [6.45, 7) is 6.04. The van der Waals surface area contributed by atoms with E-state index >= 15 is 0 Å². The summed E-state index contributed by atoms with van der Waals surface area (Å²) in [6, 6.07) is 7.30. The van der Waals surface area contributed by atoms with Crippen LogP contribution in [-0.2, 0) is 30.5 Å². The number of aliphatic hydroxyl groups excluding tert-OH is 1. The van der Waals surface area contributed by atoms with Gasteiger partial charge in [0.1, 0.15) is 18.9 Å². The zero-order chi connectivity index (χ0) is 26.1. The first kappa shape index (κ1) is 29.9. The third kappa shape index (κ3) is 14.0. The van der Waals surface area contributed by atoms with Gasteiger partial charge in [-0.3, -0.25) is 19.7 Å². The Balaban J connectivity index is 2.75. The van der Waals surface area contributed by atoms with Crippen LogP contribution in [0.25, 0.3) is 10.4 Å². The zero-order valence-electron chi connectivity index (χ0n) is 20.5. The van der Waals surface area contributed by atoms with Gasteiger partial charge in [-0.1, -0.05) is 49.3 Å². The number of nitrogens with one attached hydrogen (secondary N) is 3. The molecule has 0 saturated heterocycles. The molecule has 2 amide bonds. The fourth-order valence-corrected chi connectivity index (χ4v) is 3.12. The van der Waals surface area contributed by atoms with Gasteiger partial charge in [0.25, 0.3) is 0 Å². The molecule has 0 radical (unpaired) electrons. The molecule has 3 atom stereocenters. The molecule has 12 nitrogen and oxygen atoms in total. The minimum atomic E-state index is -1.29. The summed E-state index contributed by atoms with van der Waals surface area (Å²) in [5, 5.41) is 22.1. The Kier molecular flexibility index (Phi) is 14.7. The highest BCUT2D eigenvalue weighted by Crippen LogP contribution is 2.08. The smallest absolute Gasteiger partial charge is 0.308 e. The van der Waals surface area contributed by atoms with E-state index in [1.54, 1.807) is 0 Å². The predicted octanol–water partition coefficient (Wildman–Crippen LogP) is 1.39. The first-order valence-corrected chi connectivity index (χ1v) is 11.5. The van der Waals surface area contributed by atoms with E-state index in [2.05, 4.69) is 26.0 Å². The van der Waals surface area contributed by atoms with Gasteiger partial charge in [-0.2, -0.15) is 0 Å². The monoisotopic (exact) mass is 492 g/mol. The van der Waals surface area contributed by atoms with Crippen LogP contribution >= 0.6 is 0 Å². The Bertz CT molecular complexity index is 831. The maximum Gasteiger partial charge on any atom is 0.308 e. The molecule has 2 unspecified atom stereocenters. The van der Waals surface area contributed by atoms with Crippen molar-refractivity contribution in [1.29, 1.82) is 0 Å². The molecule has 4 N–H and O–H groups in total. The highest BCUT2D eigenvalue weighted by atomic mass is 16.5. The molecule has 0 heterocycles. The van der Waals surface area contributed by atoms with E-state index in [1.165, 1.54) is 6.92 Å². The number of carbonyl (C=O) groups excluding carboxylic acids is 3. The SMILES string of the molecule is CC(=O)N[C@H](CC(C)C)C(=O)NC(CC(=O)OCc1ccccc1)C(O)NCCOCCN=[N+]=[N-]. The van der Waals surface area contributed by atoms with Crippen LogP contribution in [-0.4, -0.2) is 67.5 Å². The average molecular weight is 493 g/mol. The van der Waals surface area contributed by atoms with E-state index in [0.717, 1.165) is 5.56 Å². The molecule has 0 aromatic heterocycles. The molecular formula is C23H36N6O6. The number of aliphatic hydroxyl groups is 1. The lowest BCUT2D eigenvalue weighted by Gasteiger charge is -2.27. The second-order valence-corrected chi connectivity index (χ2v) is 8.31. The number of azide groups is 1. The summed E-state index contributed by atoms with van der Waals surface area (Å²) in [6.07, 6.45) is -1.20. The van der Waals surface area contributed by atoms with Crippen molar-refractivity contribution in [2.45, 2.75) is 58.5 Å². The van der Waals surface area contributed by atoms with Gasteiger partial charge in [0.2, 0.25) is 11.8 Å². The van der Waals surface area contributed by atoms with Crippen molar-refractivity contribution in [2.24, 2.45) is 11.0 Å². The Hall–Kier alpha value is -3.18. The van der Waals surface area contributed by atoms with Gasteiger partial charge in [0, 0.05) is 24.9 Å². The van der Waals surface area contributed by atoms with Crippen LogP contribution < -0.4 is 16.0 Å². The van der Waals surface area contributed by atoms with Crippen LogP contribution in [0.1, 0.15) is 39.2 Å². The summed E-state index contributed by atoms with van der Waals surface area (Å²) in [5.74, 6) is -1.36. The molecule has 12 heteroatoms. The zero-order valence-corrected chi connectivity index (χ0v) is 20.5. The highest BCUT2D eigenvalue weighted by molar-refractivity contribution is 5.87. The normalized spacial score (nSPS) is 13.3. The van der Waals surface area contributed by atoms with Gasteiger partial charge in [-0.15, -0.1) is 0 Å². The summed E-state index contributed by atoms with van der Waals surface area (Å²) < 4.78 is 10.6. The van der Waals surface area contributed by atoms with E-state index in [9.17, 15) is 19.5 Å². The number of amides is 2. The minimum absolute atomic E-state index is 0.0603. The lowest BCUT2D eigenvalue weighted by atomic mass is 10.0. The third-order valence-electron chi connectivity index (χ3n) is 4.74. The Morgan fingerprint density at radius 2 is 1.86 bits per heavy atom. The number of hydrogen-bond donors (Lipinski definition) is 4. The number of ether oxygens (including phenoxy) is 2. The molecule has 0 bridgehead atoms. The van der Waals surface area contributed by atoms with E-state index in [0.29, 0.717) is 6.42 Å². The minimum Gasteiger partial charge on any atom is -0.461 e. The van der Waals surface area contributed by atoms with E-state index in [4.69, 9.17) is 15.0 Å². The van der Waals surface area contributed by atoms with Crippen molar-refractivity contribution in [3.63, 3.8) is 0 Å². The van der Waals surface area contributed by atoms with Gasteiger partial charge in [-0.05, 0) is 23.4 Å². The fourth-order valence-electron chi connectivity index (χ4n) is 3.12. The van der Waals surface area contributed by atoms with Gasteiger partial charge in [-0.25, -0.2) is 0 Å². The van der Waals surface area contributed by atoms with Crippen LogP contribution in [0, 0.1) is 5.92 Å². The number of benzene rings is 1. The van der Waals surface area contributed by atoms with Crippen LogP contribution in [0.2, 0.25) is 0 Å². The molecule has 0 saturated carbocycles. The lowest BCUT2D eigenvalue weighted by molar-refractivity contribution is -0.147. The summed E-state index contributed by atoms with van der Waals surface area (Å²) in [4.78, 5) is 39.5. The highest BCUT2D eigenvalue weighted by Gasteiger charge is 2.29. The van der Waals surface area contributed by atoms with Crippen molar-refractivity contribution >= 4 is 17.8 Å². The summed E-state index contributed by atoms with van der Waals surface area (Å²) >= 11 is 0. The maximum absolute atomic E-state index is 12.9. The van der Waals surface area contributed by atoms with Crippen molar-refractivity contribution in [3.8, 4) is 0 Å². The second kappa shape index (κ2) is 17.3. The van der Waals surface area contributed by atoms with Gasteiger partial charge in [0.15, 0.2) is 0 Å². The topological polar surface area (TPSA) is 175 Å². The van der Waals surface area contributed by atoms with Gasteiger partial charge >= 0.3 is 5.97 Å². The largest absolute Gasteiger partial charge is 0.461 e. The van der Waals surface area contributed by atoms with E-state index < -0.39 is 30.2 Å². The van der Waals surface area contributed by atoms with Crippen molar-refractivity contribution in [3.05, 3.63) is 46.3 Å². The lowest BCUT2D eigenvalue weighted by Crippen LogP contribution is -2.56. The van der Waals surface area contributed by atoms with Crippen LogP contribution in [0.5, 0.6) is 0 Å². The molecule has 194 valence electrons. The van der Waals surface area contributed by atoms with Gasteiger partial charge < -0.3 is 25.2 Å². The standard InChI is InChI=1S/C23H36N6O6/c1-16(2)13-19(27-17(3)30)23(33)28-20(22(32)25-9-11-34-12-10-26-29-24)14-21(31)35-15-18-7-5-4-6-8-18/h4-8,16,19-20,22,25,32H,9-15H2,1-3H3,(H,27,30)(H,28,33)/t19-,20?,22?/m1/s1. The quantitative estimate of drug-likeness (QED) is 0.0634. The van der Waals surface area contributed by atoms with Crippen molar-refractivity contribution < 1.29 is 29.0 Å². The first-order chi connectivity index (χ1) is 16.7. The van der Waals surface area contributed by atoms with Crippen molar-refractivity contribution in [2.75, 3.05) is 26.3 Å². The molecule has 1 aromatic carbocycles. The molecule has 0 aliphatic carbocycles. The Labute approximate surface area is 205 Å². The maximum atomic E-state index is 12.9. The molecular weight excluding hydrogens is 456 g/mol. The predicted molar refractivity (Wildman–Crippen MR) is 129 cm³/mol. The number of hydrogen-bond acceptors (Lipinski definition) is 8. The van der Waals surface area contributed by atoms with E-state index in [-0.39, 0.29) is 51.2 Å². The number of nitrogens with zero attached hydrogens (tertiary/aromatic N) is 3. The molecule has 35 heavy (non-hydrogen) atoms. The van der Waals surface area contributed by atoms with Crippen LogP contribution in [0.15, 0.2) is 35.4 Å². The Morgan fingerprint density at radius 1 is 1.14 bits per heavy atom. The summed E-state index contributed by atoms with van der Waals surface area (Å²) in [7, 11) is 0. The average Bonchev–Trinajstić information content (AvgIpc) is 2.81. The molecule has 1 aromatic rings. The molecule has 0 fully saturated rings. The number of carbonyl (C=O) groups is 3. The first-order valence-electron chi connectivity index (χ1n) is 11.5. The van der Waals surface area contributed by atoms with Gasteiger partial charge in [0.05, 0.1) is 25.7 Å². The molecule has 0 aliphatic rings. The number of esters is 1. The van der Waals surface area contributed by atoms with Crippen LogP contribution in [0.4, 0.5) is 0 Å². The third-order valence-corrected chi connectivity index (χ3v) is 4.74. The Morgan fingerprint density at radius 3 is 2.49 bits per heavy atom. The van der Waals surface area contributed by atoms with Crippen molar-refractivity contribution in [1.82, 2.24) is 16.0 Å². The van der Waals surface area contributed by atoms with Crippen LogP contribution in [0.3, 0.4) is 0 Å². The molecule has 0 spiro atoms. The molecule has 0 aliphatic heterocycles. The summed E-state index contributed by atoms with van der Waals surface area (Å²) in [5.41, 5.74) is 9.05.